The van der Waals surface area contributed by atoms with E-state index in [1.54, 1.807) is 12.1 Å². The first-order valence-electron chi connectivity index (χ1n) is 6.80. The normalized spacial score (nSPS) is 10.6. The lowest BCUT2D eigenvalue weighted by Gasteiger charge is -2.21. The Morgan fingerprint density at radius 3 is 2.29 bits per heavy atom. The van der Waals surface area contributed by atoms with Crippen LogP contribution in [0.2, 0.25) is 0 Å². The molecule has 0 heterocycles. The van der Waals surface area contributed by atoms with E-state index in [2.05, 4.69) is 4.74 Å². The second-order valence-electron chi connectivity index (χ2n) is 4.73. The van der Waals surface area contributed by atoms with Crippen molar-refractivity contribution in [2.75, 3.05) is 26.7 Å². The summed E-state index contributed by atoms with van der Waals surface area (Å²) in [6.45, 7) is 1.51. The molecule has 0 saturated carbocycles. The number of ether oxygens (including phenoxy) is 1. The summed E-state index contributed by atoms with van der Waals surface area (Å²) in [5, 5.41) is 18.0. The van der Waals surface area contributed by atoms with Crippen LogP contribution in [-0.2, 0) is 20.7 Å². The van der Waals surface area contributed by atoms with Gasteiger partial charge in [0.2, 0.25) is 0 Å². The van der Waals surface area contributed by atoms with Gasteiger partial charge in [0.15, 0.2) is 0 Å². The number of aromatic hydroxyl groups is 1. The third kappa shape index (κ3) is 7.31. The highest BCUT2D eigenvalue weighted by atomic mass is 16.5. The lowest BCUT2D eigenvalue weighted by Crippen LogP contribution is -2.31. The van der Waals surface area contributed by atoms with E-state index in [1.165, 1.54) is 7.11 Å². The smallest absolute Gasteiger partial charge is 0.306 e. The summed E-state index contributed by atoms with van der Waals surface area (Å²) >= 11 is 0. The summed E-state index contributed by atoms with van der Waals surface area (Å²) in [6.07, 6.45) is 1.00. The Morgan fingerprint density at radius 2 is 1.71 bits per heavy atom. The van der Waals surface area contributed by atoms with Crippen LogP contribution in [0.25, 0.3) is 0 Å². The molecule has 0 aliphatic rings. The number of rotatable bonds is 9. The fourth-order valence-corrected chi connectivity index (χ4v) is 1.89. The largest absolute Gasteiger partial charge is 0.508 e. The first-order chi connectivity index (χ1) is 10.0. The monoisotopic (exact) mass is 295 g/mol. The summed E-state index contributed by atoms with van der Waals surface area (Å²) in [4.78, 5) is 23.8. The number of nitrogens with zero attached hydrogens (tertiary/aromatic N) is 1. The van der Waals surface area contributed by atoms with Crippen LogP contribution >= 0.6 is 0 Å². The number of methoxy groups -OCH3 is 1. The number of carbonyl (C=O) groups is 2. The zero-order valence-corrected chi connectivity index (χ0v) is 12.1. The molecule has 0 amide bonds. The Labute approximate surface area is 124 Å². The average Bonchev–Trinajstić information content (AvgIpc) is 2.47. The van der Waals surface area contributed by atoms with Crippen LogP contribution in [0.3, 0.4) is 0 Å². The van der Waals surface area contributed by atoms with Crippen molar-refractivity contribution in [1.82, 2.24) is 4.90 Å². The van der Waals surface area contributed by atoms with Gasteiger partial charge in [-0.3, -0.25) is 9.59 Å². The van der Waals surface area contributed by atoms with E-state index in [4.69, 9.17) is 5.11 Å². The van der Waals surface area contributed by atoms with Crippen molar-refractivity contribution in [3.05, 3.63) is 29.8 Å². The highest BCUT2D eigenvalue weighted by Crippen LogP contribution is 2.10. The van der Waals surface area contributed by atoms with Gasteiger partial charge in [-0.1, -0.05) is 12.1 Å². The third-order valence-electron chi connectivity index (χ3n) is 3.15. The van der Waals surface area contributed by atoms with Crippen LogP contribution in [-0.4, -0.2) is 53.8 Å². The van der Waals surface area contributed by atoms with Gasteiger partial charge in [-0.2, -0.15) is 0 Å². The minimum absolute atomic E-state index is 0.0384. The molecule has 0 aromatic heterocycles. The van der Waals surface area contributed by atoms with Gasteiger partial charge in [-0.25, -0.2) is 0 Å². The van der Waals surface area contributed by atoms with E-state index in [9.17, 15) is 14.7 Å². The highest BCUT2D eigenvalue weighted by Gasteiger charge is 2.10. The van der Waals surface area contributed by atoms with Crippen LogP contribution in [0.15, 0.2) is 24.3 Å². The molecule has 116 valence electrons. The number of aliphatic carboxylic acids is 1. The molecule has 0 fully saturated rings. The molecule has 1 aromatic rings. The van der Waals surface area contributed by atoms with E-state index in [0.717, 1.165) is 12.0 Å². The van der Waals surface area contributed by atoms with Crippen molar-refractivity contribution in [2.24, 2.45) is 0 Å². The Bertz CT molecular complexity index is 458. The van der Waals surface area contributed by atoms with Crippen molar-refractivity contribution >= 4 is 11.9 Å². The number of carboxylic acid groups (broad SMARTS) is 1. The van der Waals surface area contributed by atoms with Gasteiger partial charge in [0.25, 0.3) is 0 Å². The lowest BCUT2D eigenvalue weighted by atomic mass is 10.1. The molecular formula is C15H21NO5. The van der Waals surface area contributed by atoms with Crippen molar-refractivity contribution in [3.63, 3.8) is 0 Å². The number of benzene rings is 1. The molecule has 0 aliphatic heterocycles. The van der Waals surface area contributed by atoms with Crippen molar-refractivity contribution in [3.8, 4) is 5.75 Å². The second-order valence-corrected chi connectivity index (χ2v) is 4.73. The van der Waals surface area contributed by atoms with E-state index < -0.39 is 5.97 Å². The van der Waals surface area contributed by atoms with Gasteiger partial charge < -0.3 is 19.8 Å². The number of phenolic OH excluding ortho intramolecular Hbond substituents is 1. The molecule has 0 radical (unpaired) electrons. The molecule has 0 atom stereocenters. The quantitative estimate of drug-likeness (QED) is 0.667. The molecule has 2 N–H and O–H groups in total. The van der Waals surface area contributed by atoms with Gasteiger partial charge in [-0.15, -0.1) is 0 Å². The van der Waals surface area contributed by atoms with Crippen LogP contribution in [0, 0.1) is 0 Å². The summed E-state index contributed by atoms with van der Waals surface area (Å²) in [5.41, 5.74) is 1.05. The minimum Gasteiger partial charge on any atom is -0.508 e. The zero-order valence-electron chi connectivity index (χ0n) is 12.1. The van der Waals surface area contributed by atoms with Crippen LogP contribution < -0.4 is 0 Å². The maximum Gasteiger partial charge on any atom is 0.306 e. The van der Waals surface area contributed by atoms with Gasteiger partial charge in [0, 0.05) is 19.6 Å². The molecule has 0 aliphatic carbocycles. The Hall–Kier alpha value is -2.08. The predicted molar refractivity (Wildman–Crippen MR) is 77.1 cm³/mol. The Morgan fingerprint density at radius 1 is 1.10 bits per heavy atom. The fraction of sp³-hybridized carbons (Fsp3) is 0.467. The summed E-state index contributed by atoms with van der Waals surface area (Å²) in [6, 6.07) is 6.88. The standard InChI is InChI=1S/C15H21NO5/c1-21-15(20)8-11-16(10-7-14(18)19)9-6-12-2-4-13(17)5-3-12/h2-5,17H,6-11H2,1H3,(H,18,19). The van der Waals surface area contributed by atoms with Gasteiger partial charge in [0.1, 0.15) is 5.75 Å². The molecule has 0 saturated heterocycles. The van der Waals surface area contributed by atoms with Gasteiger partial charge in [0.05, 0.1) is 20.0 Å². The number of carboxylic acids is 1. The van der Waals surface area contributed by atoms with Gasteiger partial charge in [-0.05, 0) is 24.1 Å². The summed E-state index contributed by atoms with van der Waals surface area (Å²) < 4.78 is 4.59. The second kappa shape index (κ2) is 8.97. The Balaban J connectivity index is 2.48. The number of esters is 1. The molecule has 1 aromatic carbocycles. The third-order valence-corrected chi connectivity index (χ3v) is 3.15. The number of hydrogen-bond acceptors (Lipinski definition) is 5. The SMILES string of the molecule is COC(=O)CCN(CCC(=O)O)CCc1ccc(O)cc1. The fourth-order valence-electron chi connectivity index (χ4n) is 1.89. The van der Waals surface area contributed by atoms with E-state index >= 15 is 0 Å². The predicted octanol–water partition coefficient (Wildman–Crippen LogP) is 1.27. The Kier molecular flexibility index (Phi) is 7.25. The van der Waals surface area contributed by atoms with E-state index in [-0.39, 0.29) is 24.6 Å². The summed E-state index contributed by atoms with van der Waals surface area (Å²) in [5.74, 6) is -0.949. The average molecular weight is 295 g/mol. The molecule has 21 heavy (non-hydrogen) atoms. The number of hydrogen-bond donors (Lipinski definition) is 2. The van der Waals surface area contributed by atoms with E-state index in [1.807, 2.05) is 17.0 Å². The maximum atomic E-state index is 11.2. The molecule has 0 bridgehead atoms. The van der Waals surface area contributed by atoms with Crippen LogP contribution in [0.1, 0.15) is 18.4 Å². The molecular weight excluding hydrogens is 274 g/mol. The lowest BCUT2D eigenvalue weighted by molar-refractivity contribution is -0.140. The molecule has 6 nitrogen and oxygen atoms in total. The topological polar surface area (TPSA) is 87.1 Å². The first kappa shape index (κ1) is 17.0. The molecule has 0 spiro atoms. The van der Waals surface area contributed by atoms with Crippen LogP contribution in [0.4, 0.5) is 0 Å². The van der Waals surface area contributed by atoms with Gasteiger partial charge >= 0.3 is 11.9 Å². The zero-order chi connectivity index (χ0) is 15.7. The molecule has 6 heteroatoms. The number of carbonyl (C=O) groups excluding carboxylic acids is 1. The minimum atomic E-state index is -0.859. The molecule has 1 rings (SSSR count). The summed E-state index contributed by atoms with van der Waals surface area (Å²) in [7, 11) is 1.33. The first-order valence-corrected chi connectivity index (χ1v) is 6.80. The highest BCUT2D eigenvalue weighted by molar-refractivity contribution is 5.69. The van der Waals surface area contributed by atoms with Crippen molar-refractivity contribution in [2.45, 2.75) is 19.3 Å². The van der Waals surface area contributed by atoms with Crippen molar-refractivity contribution < 1.29 is 24.5 Å². The van der Waals surface area contributed by atoms with E-state index in [0.29, 0.717) is 19.6 Å². The maximum absolute atomic E-state index is 11.2. The molecule has 0 unspecified atom stereocenters. The van der Waals surface area contributed by atoms with Crippen molar-refractivity contribution in [1.29, 1.82) is 0 Å². The number of phenols is 1. The van der Waals surface area contributed by atoms with Crippen LogP contribution in [0.5, 0.6) is 5.75 Å².